The van der Waals surface area contributed by atoms with E-state index in [1.807, 2.05) is 18.0 Å². The first-order chi connectivity index (χ1) is 13.2. The molecule has 148 valence electrons. The lowest BCUT2D eigenvalue weighted by Gasteiger charge is -2.45. The first kappa shape index (κ1) is 20.0. The fourth-order valence-corrected chi connectivity index (χ4v) is 3.89. The number of rotatable bonds is 4. The van der Waals surface area contributed by atoms with Gasteiger partial charge in [-0.05, 0) is 49.0 Å². The quantitative estimate of drug-likeness (QED) is 0.763. The molecule has 0 saturated heterocycles. The minimum atomic E-state index is -4.57. The third kappa shape index (κ3) is 3.77. The van der Waals surface area contributed by atoms with Crippen molar-refractivity contribution in [3.63, 3.8) is 0 Å². The standard InChI is InChI=1S/C21H23F3N4/c1-4-28(16-6-5-15(11-25)17(10-16)21(22,23)24)19-9-14(7-8-20(19,2)3)18-12-26-13-27-18/h5-7,10,12-13,19H,4,8-9H2,1-3H3,(H,26,27). The minimum absolute atomic E-state index is 0.00298. The molecule has 28 heavy (non-hydrogen) atoms. The zero-order valence-electron chi connectivity index (χ0n) is 16.1. The van der Waals surface area contributed by atoms with Gasteiger partial charge in [0.05, 0.1) is 29.2 Å². The molecular formula is C21H23F3N4. The van der Waals surface area contributed by atoms with Crippen LogP contribution in [0.3, 0.4) is 0 Å². The van der Waals surface area contributed by atoms with Crippen LogP contribution in [0.2, 0.25) is 0 Å². The highest BCUT2D eigenvalue weighted by atomic mass is 19.4. The topological polar surface area (TPSA) is 55.7 Å². The Labute approximate surface area is 162 Å². The van der Waals surface area contributed by atoms with Gasteiger partial charge >= 0.3 is 6.18 Å². The summed E-state index contributed by atoms with van der Waals surface area (Å²) >= 11 is 0. The van der Waals surface area contributed by atoms with Gasteiger partial charge < -0.3 is 9.88 Å². The first-order valence-electron chi connectivity index (χ1n) is 9.23. The van der Waals surface area contributed by atoms with Crippen LogP contribution in [0.1, 0.15) is 50.4 Å². The van der Waals surface area contributed by atoms with Crippen LogP contribution in [0.15, 0.2) is 36.8 Å². The number of H-pyrrole nitrogens is 1. The summed E-state index contributed by atoms with van der Waals surface area (Å²) in [7, 11) is 0. The average molecular weight is 388 g/mol. The van der Waals surface area contributed by atoms with E-state index in [1.54, 1.807) is 18.5 Å². The molecule has 3 rings (SSSR count). The molecule has 0 aliphatic heterocycles. The first-order valence-corrected chi connectivity index (χ1v) is 9.23. The van der Waals surface area contributed by atoms with Gasteiger partial charge in [-0.25, -0.2) is 4.98 Å². The van der Waals surface area contributed by atoms with Crippen LogP contribution in [-0.2, 0) is 6.18 Å². The maximum absolute atomic E-state index is 13.4. The van der Waals surface area contributed by atoms with E-state index >= 15 is 0 Å². The van der Waals surface area contributed by atoms with Gasteiger partial charge in [0.2, 0.25) is 0 Å². The van der Waals surface area contributed by atoms with Crippen molar-refractivity contribution in [3.8, 4) is 6.07 Å². The fraction of sp³-hybridized carbons (Fsp3) is 0.429. The van der Waals surface area contributed by atoms with Crippen LogP contribution >= 0.6 is 0 Å². The lowest BCUT2D eigenvalue weighted by atomic mass is 9.72. The second kappa shape index (κ2) is 7.34. The van der Waals surface area contributed by atoms with E-state index in [4.69, 9.17) is 5.26 Å². The van der Waals surface area contributed by atoms with Gasteiger partial charge in [0.25, 0.3) is 0 Å². The number of hydrogen-bond donors (Lipinski definition) is 1. The number of alkyl halides is 3. The van der Waals surface area contributed by atoms with Crippen molar-refractivity contribution in [2.45, 2.75) is 45.8 Å². The number of halogens is 3. The molecule has 0 saturated carbocycles. The highest BCUT2D eigenvalue weighted by molar-refractivity contribution is 5.66. The molecule has 1 unspecified atom stereocenters. The number of nitriles is 1. The van der Waals surface area contributed by atoms with Crippen molar-refractivity contribution in [3.05, 3.63) is 53.6 Å². The summed E-state index contributed by atoms with van der Waals surface area (Å²) in [6.45, 7) is 6.76. The zero-order chi connectivity index (χ0) is 20.5. The maximum Gasteiger partial charge on any atom is 0.417 e. The molecule has 0 radical (unpaired) electrons. The molecule has 0 fully saturated rings. The molecule has 1 aliphatic rings. The Morgan fingerprint density at radius 2 is 2.11 bits per heavy atom. The van der Waals surface area contributed by atoms with Crippen molar-refractivity contribution in [1.29, 1.82) is 5.26 Å². The Hall–Kier alpha value is -2.75. The predicted molar refractivity (Wildman–Crippen MR) is 103 cm³/mol. The van der Waals surface area contributed by atoms with Gasteiger partial charge in [-0.3, -0.25) is 0 Å². The molecular weight excluding hydrogens is 365 g/mol. The number of aromatic amines is 1. The lowest BCUT2D eigenvalue weighted by Crippen LogP contribution is -2.47. The molecule has 2 aromatic rings. The van der Waals surface area contributed by atoms with E-state index in [2.05, 4.69) is 29.9 Å². The molecule has 0 amide bonds. The molecule has 0 bridgehead atoms. The summed E-state index contributed by atoms with van der Waals surface area (Å²) in [6, 6.07) is 5.63. The Morgan fingerprint density at radius 3 is 2.68 bits per heavy atom. The highest BCUT2D eigenvalue weighted by Crippen LogP contribution is 2.43. The Kier molecular flexibility index (Phi) is 5.24. The van der Waals surface area contributed by atoms with Crippen molar-refractivity contribution < 1.29 is 13.2 Å². The molecule has 1 aromatic carbocycles. The number of aromatic nitrogens is 2. The summed E-state index contributed by atoms with van der Waals surface area (Å²) in [4.78, 5) is 9.28. The summed E-state index contributed by atoms with van der Waals surface area (Å²) in [5.74, 6) is 0. The number of allylic oxidation sites excluding steroid dienone is 1. The zero-order valence-corrected chi connectivity index (χ0v) is 16.1. The Bertz CT molecular complexity index is 905. The van der Waals surface area contributed by atoms with Gasteiger partial charge in [-0.15, -0.1) is 0 Å². The summed E-state index contributed by atoms with van der Waals surface area (Å²) in [6.07, 6.45) is 2.55. The maximum atomic E-state index is 13.4. The molecule has 1 atom stereocenters. The van der Waals surface area contributed by atoms with Crippen molar-refractivity contribution in [1.82, 2.24) is 9.97 Å². The number of benzene rings is 1. The third-order valence-corrected chi connectivity index (χ3v) is 5.49. The van der Waals surface area contributed by atoms with Crippen LogP contribution in [0.4, 0.5) is 18.9 Å². The van der Waals surface area contributed by atoms with Gasteiger partial charge in [0.1, 0.15) is 0 Å². The largest absolute Gasteiger partial charge is 0.417 e. The van der Waals surface area contributed by atoms with Gasteiger partial charge in [0.15, 0.2) is 0 Å². The lowest BCUT2D eigenvalue weighted by molar-refractivity contribution is -0.137. The molecule has 7 heteroatoms. The third-order valence-electron chi connectivity index (χ3n) is 5.49. The van der Waals surface area contributed by atoms with Crippen molar-refractivity contribution in [2.24, 2.45) is 5.41 Å². The van der Waals surface area contributed by atoms with Crippen LogP contribution in [0, 0.1) is 16.7 Å². The van der Waals surface area contributed by atoms with Crippen LogP contribution in [0.25, 0.3) is 5.57 Å². The summed E-state index contributed by atoms with van der Waals surface area (Å²) in [5.41, 5.74) is 1.08. The summed E-state index contributed by atoms with van der Waals surface area (Å²) < 4.78 is 40.3. The van der Waals surface area contributed by atoms with Crippen LogP contribution in [0.5, 0.6) is 0 Å². The van der Waals surface area contributed by atoms with Crippen molar-refractivity contribution in [2.75, 3.05) is 11.4 Å². The van der Waals surface area contributed by atoms with E-state index < -0.39 is 11.7 Å². The monoisotopic (exact) mass is 388 g/mol. The second-order valence-corrected chi connectivity index (χ2v) is 7.72. The summed E-state index contributed by atoms with van der Waals surface area (Å²) in [5, 5.41) is 9.06. The van der Waals surface area contributed by atoms with Crippen LogP contribution in [-0.4, -0.2) is 22.6 Å². The number of nitrogens with one attached hydrogen (secondary N) is 1. The molecule has 1 aromatic heterocycles. The SMILES string of the molecule is CCN(c1ccc(C#N)c(C(F)(F)F)c1)C1CC(c2c[nH]cn2)=CCC1(C)C. The van der Waals surface area contributed by atoms with Crippen molar-refractivity contribution >= 4 is 11.3 Å². The van der Waals surface area contributed by atoms with E-state index in [1.165, 1.54) is 6.07 Å². The van der Waals surface area contributed by atoms with E-state index in [0.29, 0.717) is 18.7 Å². The van der Waals surface area contributed by atoms with E-state index in [0.717, 1.165) is 23.8 Å². The van der Waals surface area contributed by atoms with Gasteiger partial charge in [-0.1, -0.05) is 19.9 Å². The Balaban J connectivity index is 2.01. The number of hydrogen-bond acceptors (Lipinski definition) is 3. The molecule has 1 heterocycles. The number of imidazole rings is 1. The predicted octanol–water partition coefficient (Wildman–Crippen LogP) is 5.40. The average Bonchev–Trinajstić information content (AvgIpc) is 3.17. The van der Waals surface area contributed by atoms with Gasteiger partial charge in [0, 0.05) is 24.5 Å². The smallest absolute Gasteiger partial charge is 0.368 e. The van der Waals surface area contributed by atoms with E-state index in [9.17, 15) is 13.2 Å². The Morgan fingerprint density at radius 1 is 1.36 bits per heavy atom. The molecule has 1 aliphatic carbocycles. The molecule has 0 spiro atoms. The van der Waals surface area contributed by atoms with E-state index in [-0.39, 0.29) is 17.0 Å². The highest BCUT2D eigenvalue weighted by Gasteiger charge is 2.39. The normalized spacial score (nSPS) is 19.0. The minimum Gasteiger partial charge on any atom is -0.368 e. The van der Waals surface area contributed by atoms with Gasteiger partial charge in [-0.2, -0.15) is 18.4 Å². The number of anilines is 1. The second-order valence-electron chi connectivity index (χ2n) is 7.72. The molecule has 1 N–H and O–H groups in total. The van der Waals surface area contributed by atoms with Crippen LogP contribution < -0.4 is 4.90 Å². The fourth-order valence-electron chi connectivity index (χ4n) is 3.89. The molecule has 4 nitrogen and oxygen atoms in total. The number of nitrogens with zero attached hydrogens (tertiary/aromatic N) is 3.